The van der Waals surface area contributed by atoms with Gasteiger partial charge in [-0.1, -0.05) is 83.1 Å². The van der Waals surface area contributed by atoms with Gasteiger partial charge in [0, 0.05) is 5.56 Å². The van der Waals surface area contributed by atoms with Gasteiger partial charge >= 0.3 is 0 Å². The van der Waals surface area contributed by atoms with Crippen molar-refractivity contribution in [1.29, 1.82) is 0 Å². The number of carbonyl (C=O) groups excluding carboxylic acids is 1. The van der Waals surface area contributed by atoms with Crippen molar-refractivity contribution < 1.29 is 4.79 Å². The highest BCUT2D eigenvalue weighted by molar-refractivity contribution is 6.06. The van der Waals surface area contributed by atoms with E-state index in [2.05, 4.69) is 46.8 Å². The zero-order valence-electron chi connectivity index (χ0n) is 21.4. The van der Waals surface area contributed by atoms with Gasteiger partial charge in [-0.15, -0.1) is 15.0 Å². The first kappa shape index (κ1) is 23.9. The van der Waals surface area contributed by atoms with Gasteiger partial charge < -0.3 is 0 Å². The van der Waals surface area contributed by atoms with Gasteiger partial charge in [-0.2, -0.15) is 0 Å². The normalized spacial score (nSPS) is 12.8. The van der Waals surface area contributed by atoms with Crippen LogP contribution >= 0.6 is 0 Å². The Hall–Kier alpha value is -3.27. The van der Waals surface area contributed by atoms with Crippen molar-refractivity contribution in [2.24, 2.45) is 5.41 Å². The fraction of sp³-hybridized carbons (Fsp3) is 0.367. The van der Waals surface area contributed by atoms with Gasteiger partial charge in [0.1, 0.15) is 11.0 Å². The second-order valence-corrected chi connectivity index (χ2v) is 11.7. The third-order valence-corrected chi connectivity index (χ3v) is 6.56. The van der Waals surface area contributed by atoms with Crippen molar-refractivity contribution in [3.05, 3.63) is 89.5 Å². The molecule has 0 unspecified atom stereocenters. The second-order valence-electron chi connectivity index (χ2n) is 11.7. The summed E-state index contributed by atoms with van der Waals surface area (Å²) in [6, 6.07) is 23.9. The number of fused-ring (bicyclic) bond motifs is 1. The van der Waals surface area contributed by atoms with E-state index in [0.29, 0.717) is 5.56 Å². The molecule has 0 aliphatic heterocycles. The van der Waals surface area contributed by atoms with E-state index in [1.54, 1.807) is 4.80 Å². The summed E-state index contributed by atoms with van der Waals surface area (Å²) in [5, 5.41) is 9.46. The van der Waals surface area contributed by atoms with E-state index in [-0.39, 0.29) is 16.6 Å². The molecule has 4 heteroatoms. The van der Waals surface area contributed by atoms with Gasteiger partial charge in [-0.05, 0) is 66.5 Å². The van der Waals surface area contributed by atoms with E-state index in [4.69, 9.17) is 10.2 Å². The molecule has 0 spiro atoms. The van der Waals surface area contributed by atoms with Crippen molar-refractivity contribution in [3.8, 4) is 5.69 Å². The molecule has 0 amide bonds. The SMILES string of the molecule is CC(C)(C)CC(C)(C)c1ccc(C(=O)C(C)(C)c2ccccc2)c(-n2nc3ccccc3n2)c1. The van der Waals surface area contributed by atoms with E-state index >= 15 is 0 Å². The zero-order chi connectivity index (χ0) is 24.7. The van der Waals surface area contributed by atoms with E-state index < -0.39 is 5.41 Å². The van der Waals surface area contributed by atoms with Crippen molar-refractivity contribution in [3.63, 3.8) is 0 Å². The van der Waals surface area contributed by atoms with Crippen molar-refractivity contribution >= 4 is 16.8 Å². The van der Waals surface area contributed by atoms with Crippen molar-refractivity contribution in [2.45, 2.75) is 65.7 Å². The number of hydrogen-bond donors (Lipinski definition) is 0. The fourth-order valence-corrected chi connectivity index (χ4v) is 5.03. The average Bonchev–Trinajstić information content (AvgIpc) is 3.21. The molecular formula is C30H35N3O. The Balaban J connectivity index is 1.88. The molecule has 0 aliphatic rings. The molecule has 0 radical (unpaired) electrons. The van der Waals surface area contributed by atoms with Crippen LogP contribution in [-0.2, 0) is 10.8 Å². The monoisotopic (exact) mass is 453 g/mol. The third kappa shape index (κ3) is 4.68. The van der Waals surface area contributed by atoms with Crippen molar-refractivity contribution in [1.82, 2.24) is 15.0 Å². The quantitative estimate of drug-likeness (QED) is 0.288. The average molecular weight is 454 g/mol. The predicted molar refractivity (Wildman–Crippen MR) is 140 cm³/mol. The lowest BCUT2D eigenvalue weighted by Crippen LogP contribution is -2.31. The summed E-state index contributed by atoms with van der Waals surface area (Å²) in [7, 11) is 0. The molecule has 0 fully saturated rings. The Morgan fingerprint density at radius 2 is 1.29 bits per heavy atom. The summed E-state index contributed by atoms with van der Waals surface area (Å²) in [6.45, 7) is 15.3. The highest BCUT2D eigenvalue weighted by atomic mass is 16.1. The summed E-state index contributed by atoms with van der Waals surface area (Å²) in [6.07, 6.45) is 1.01. The molecule has 176 valence electrons. The molecule has 0 N–H and O–H groups in total. The Labute approximate surface area is 203 Å². The maximum absolute atomic E-state index is 14.0. The highest BCUT2D eigenvalue weighted by Crippen LogP contribution is 2.38. The summed E-state index contributed by atoms with van der Waals surface area (Å²) in [5.74, 6) is 0.0511. The van der Waals surface area contributed by atoms with Crippen LogP contribution in [0.1, 0.15) is 76.4 Å². The summed E-state index contributed by atoms with van der Waals surface area (Å²) in [5.41, 5.74) is 4.54. The van der Waals surface area contributed by atoms with Crippen LogP contribution in [0.3, 0.4) is 0 Å². The standard InChI is InChI=1S/C30H35N3O/c1-28(2,3)20-29(4,5)22-17-18-23(27(34)30(6,7)21-13-9-8-10-14-21)26(19-22)33-31-24-15-11-12-16-25(24)32-33/h8-19H,20H2,1-7H3. The Morgan fingerprint density at radius 1 is 0.735 bits per heavy atom. The van der Waals surface area contributed by atoms with E-state index in [1.807, 2.05) is 74.5 Å². The molecule has 3 aromatic carbocycles. The molecular weight excluding hydrogens is 418 g/mol. The van der Waals surface area contributed by atoms with Crippen LogP contribution in [0.4, 0.5) is 0 Å². The van der Waals surface area contributed by atoms with Gasteiger partial charge in [-0.3, -0.25) is 4.79 Å². The first-order valence-electron chi connectivity index (χ1n) is 12.0. The van der Waals surface area contributed by atoms with Gasteiger partial charge in [-0.25, -0.2) is 0 Å². The highest BCUT2D eigenvalue weighted by Gasteiger charge is 2.34. The zero-order valence-corrected chi connectivity index (χ0v) is 21.4. The van der Waals surface area contributed by atoms with Crippen LogP contribution in [-0.4, -0.2) is 20.8 Å². The number of benzene rings is 3. The number of rotatable bonds is 6. The van der Waals surface area contributed by atoms with Crippen LogP contribution < -0.4 is 0 Å². The molecule has 0 bridgehead atoms. The van der Waals surface area contributed by atoms with E-state index in [9.17, 15) is 4.79 Å². The Kier molecular flexibility index (Phi) is 5.97. The van der Waals surface area contributed by atoms with Crippen LogP contribution in [0.5, 0.6) is 0 Å². The molecule has 4 aromatic rings. The molecule has 0 atom stereocenters. The first-order valence-corrected chi connectivity index (χ1v) is 12.0. The number of aromatic nitrogens is 3. The Bertz CT molecular complexity index is 1290. The number of ketones is 1. The topological polar surface area (TPSA) is 47.8 Å². The minimum Gasteiger partial charge on any atom is -0.293 e. The molecule has 34 heavy (non-hydrogen) atoms. The molecule has 0 saturated carbocycles. The van der Waals surface area contributed by atoms with Crippen molar-refractivity contribution in [2.75, 3.05) is 0 Å². The third-order valence-electron chi connectivity index (χ3n) is 6.56. The first-order chi connectivity index (χ1) is 15.9. The van der Waals surface area contributed by atoms with Gasteiger partial charge in [0.25, 0.3) is 0 Å². The van der Waals surface area contributed by atoms with E-state index in [0.717, 1.165) is 28.7 Å². The maximum Gasteiger partial charge on any atom is 0.175 e. The minimum absolute atomic E-state index is 0.0511. The predicted octanol–water partition coefficient (Wildman–Crippen LogP) is 7.29. The maximum atomic E-state index is 14.0. The largest absolute Gasteiger partial charge is 0.293 e. The summed E-state index contributed by atoms with van der Waals surface area (Å²) in [4.78, 5) is 15.6. The number of hydrogen-bond acceptors (Lipinski definition) is 3. The minimum atomic E-state index is -0.689. The number of carbonyl (C=O) groups is 1. The molecule has 4 nitrogen and oxygen atoms in total. The molecule has 0 aliphatic carbocycles. The summed E-state index contributed by atoms with van der Waals surface area (Å²) < 4.78 is 0. The molecule has 1 heterocycles. The molecule has 4 rings (SSSR count). The molecule has 1 aromatic heterocycles. The van der Waals surface area contributed by atoms with Crippen LogP contribution in [0.15, 0.2) is 72.8 Å². The number of nitrogens with zero attached hydrogens (tertiary/aromatic N) is 3. The fourth-order valence-electron chi connectivity index (χ4n) is 5.03. The van der Waals surface area contributed by atoms with Crippen LogP contribution in [0.25, 0.3) is 16.7 Å². The smallest absolute Gasteiger partial charge is 0.175 e. The van der Waals surface area contributed by atoms with Crippen LogP contribution in [0, 0.1) is 5.41 Å². The summed E-state index contributed by atoms with van der Waals surface area (Å²) >= 11 is 0. The number of Topliss-reactive ketones (excluding diaryl/α,β-unsaturated/α-hetero) is 1. The lowest BCUT2D eigenvalue weighted by atomic mass is 9.71. The Morgan fingerprint density at radius 3 is 1.85 bits per heavy atom. The molecule has 0 saturated heterocycles. The van der Waals surface area contributed by atoms with Gasteiger partial charge in [0.15, 0.2) is 5.78 Å². The van der Waals surface area contributed by atoms with Crippen LogP contribution in [0.2, 0.25) is 0 Å². The van der Waals surface area contributed by atoms with Gasteiger partial charge in [0.2, 0.25) is 0 Å². The lowest BCUT2D eigenvalue weighted by Gasteiger charge is -2.33. The van der Waals surface area contributed by atoms with E-state index in [1.165, 1.54) is 5.56 Å². The van der Waals surface area contributed by atoms with Gasteiger partial charge in [0.05, 0.1) is 11.1 Å². The lowest BCUT2D eigenvalue weighted by molar-refractivity contribution is 0.0908. The second kappa shape index (κ2) is 8.50.